The molecule has 0 aliphatic carbocycles. The minimum atomic E-state index is -0.474. The number of ether oxygens (including phenoxy) is 2. The summed E-state index contributed by atoms with van der Waals surface area (Å²) in [5, 5.41) is 15.1. The molecular formula is C33H22N2O4S. The largest absolute Gasteiger partial charge is 0.493 e. The van der Waals surface area contributed by atoms with Gasteiger partial charge < -0.3 is 13.9 Å². The first-order valence-electron chi connectivity index (χ1n) is 12.5. The van der Waals surface area contributed by atoms with E-state index in [0.717, 1.165) is 27.3 Å². The quantitative estimate of drug-likeness (QED) is 0.117. The summed E-state index contributed by atoms with van der Waals surface area (Å²) in [6, 6.07) is 31.1. The molecule has 2 heterocycles. The van der Waals surface area contributed by atoms with E-state index in [1.807, 2.05) is 84.9 Å². The molecular weight excluding hydrogens is 520 g/mol. The first-order chi connectivity index (χ1) is 19.6. The maximum absolute atomic E-state index is 12.8. The van der Waals surface area contributed by atoms with E-state index in [1.165, 1.54) is 11.3 Å². The highest BCUT2D eigenvalue weighted by Crippen LogP contribution is 2.33. The Bertz CT molecular complexity index is 1980. The van der Waals surface area contributed by atoms with Gasteiger partial charge in [0.1, 0.15) is 23.3 Å². The van der Waals surface area contributed by atoms with E-state index in [2.05, 4.69) is 11.1 Å². The summed E-state index contributed by atoms with van der Waals surface area (Å²) in [5.74, 6) is 1.16. The molecule has 194 valence electrons. The molecule has 40 heavy (non-hydrogen) atoms. The van der Waals surface area contributed by atoms with Crippen molar-refractivity contribution in [2.24, 2.45) is 0 Å². The van der Waals surface area contributed by atoms with Crippen molar-refractivity contribution < 1.29 is 13.9 Å². The van der Waals surface area contributed by atoms with Gasteiger partial charge in [-0.1, -0.05) is 66.7 Å². The molecule has 7 heteroatoms. The lowest BCUT2D eigenvalue weighted by Crippen LogP contribution is -2.03. The highest BCUT2D eigenvalue weighted by atomic mass is 32.1. The lowest BCUT2D eigenvalue weighted by molar-refractivity contribution is 0.284. The van der Waals surface area contributed by atoms with Crippen LogP contribution in [0.3, 0.4) is 0 Å². The Kier molecular flexibility index (Phi) is 6.84. The minimum absolute atomic E-state index is 0.352. The summed E-state index contributed by atoms with van der Waals surface area (Å²) in [7, 11) is 1.58. The molecule has 2 aromatic heterocycles. The van der Waals surface area contributed by atoms with Crippen molar-refractivity contribution >= 4 is 44.7 Å². The van der Waals surface area contributed by atoms with Gasteiger partial charge in [0.25, 0.3) is 0 Å². The second kappa shape index (κ2) is 10.9. The van der Waals surface area contributed by atoms with Crippen LogP contribution < -0.4 is 15.1 Å². The van der Waals surface area contributed by atoms with Crippen molar-refractivity contribution in [3.05, 3.63) is 123 Å². The standard InChI is InChI=1S/C33H22N2O4S/c1-37-31-16-22(11-13-30(31)38-19-21-7-3-2-4-8-21)15-24(18-34)32-35-28(20-40-32)27-17-26-25-10-6-5-9-23(25)12-14-29(26)39-33(27)36/h2-17,20H,19H2,1H3/b24-15+. The topological polar surface area (TPSA) is 85.4 Å². The molecule has 0 saturated heterocycles. The lowest BCUT2D eigenvalue weighted by Gasteiger charge is -2.11. The van der Waals surface area contributed by atoms with Crippen LogP contribution in [0.5, 0.6) is 11.5 Å². The Morgan fingerprint density at radius 3 is 2.62 bits per heavy atom. The number of nitriles is 1. The van der Waals surface area contributed by atoms with Crippen molar-refractivity contribution in [3.8, 4) is 28.8 Å². The highest BCUT2D eigenvalue weighted by molar-refractivity contribution is 7.11. The fraction of sp³-hybridized carbons (Fsp3) is 0.0606. The number of nitrogens with zero attached hydrogens (tertiary/aromatic N) is 2. The molecule has 6 aromatic rings. The van der Waals surface area contributed by atoms with Crippen LogP contribution in [0.2, 0.25) is 0 Å². The minimum Gasteiger partial charge on any atom is -0.493 e. The molecule has 0 saturated carbocycles. The molecule has 4 aromatic carbocycles. The summed E-state index contributed by atoms with van der Waals surface area (Å²) in [6.45, 7) is 0.413. The van der Waals surface area contributed by atoms with Crippen LogP contribution >= 0.6 is 11.3 Å². The number of fused-ring (bicyclic) bond motifs is 3. The van der Waals surface area contributed by atoms with Crippen molar-refractivity contribution in [2.75, 3.05) is 7.11 Å². The third kappa shape index (κ3) is 4.96. The molecule has 0 aliphatic heterocycles. The predicted octanol–water partition coefficient (Wildman–Crippen LogP) is 7.72. The molecule has 0 radical (unpaired) electrons. The average Bonchev–Trinajstić information content (AvgIpc) is 3.49. The SMILES string of the molecule is COc1cc(/C=C(\C#N)c2nc(-c3cc4c(ccc5ccccc54)oc3=O)cs2)ccc1OCc1ccccc1. The molecule has 6 nitrogen and oxygen atoms in total. The summed E-state index contributed by atoms with van der Waals surface area (Å²) < 4.78 is 17.1. The van der Waals surface area contributed by atoms with Gasteiger partial charge >= 0.3 is 5.63 Å². The zero-order chi connectivity index (χ0) is 27.5. The van der Waals surface area contributed by atoms with Crippen molar-refractivity contribution in [2.45, 2.75) is 6.61 Å². The lowest BCUT2D eigenvalue weighted by atomic mass is 10.0. The Labute approximate surface area is 234 Å². The van der Waals surface area contributed by atoms with Gasteiger partial charge in [0, 0.05) is 10.8 Å². The van der Waals surface area contributed by atoms with Crippen LogP contribution in [-0.4, -0.2) is 12.1 Å². The van der Waals surface area contributed by atoms with Crippen LogP contribution in [0.4, 0.5) is 0 Å². The zero-order valence-electron chi connectivity index (χ0n) is 21.5. The zero-order valence-corrected chi connectivity index (χ0v) is 22.3. The predicted molar refractivity (Wildman–Crippen MR) is 158 cm³/mol. The first kappa shape index (κ1) is 25.1. The molecule has 0 fully saturated rings. The number of allylic oxidation sites excluding steroid dienone is 1. The maximum atomic E-state index is 12.8. The van der Waals surface area contributed by atoms with Crippen LogP contribution in [0.15, 0.2) is 106 Å². The summed E-state index contributed by atoms with van der Waals surface area (Å²) in [4.78, 5) is 17.5. The molecule has 0 unspecified atom stereocenters. The number of methoxy groups -OCH3 is 1. The monoisotopic (exact) mass is 542 g/mol. The average molecular weight is 543 g/mol. The Morgan fingerprint density at radius 1 is 0.975 bits per heavy atom. The van der Waals surface area contributed by atoms with Crippen LogP contribution in [-0.2, 0) is 6.61 Å². The Balaban J connectivity index is 1.30. The number of aromatic nitrogens is 1. The molecule has 0 bridgehead atoms. The summed E-state index contributed by atoms with van der Waals surface area (Å²) in [6.07, 6.45) is 1.74. The second-order valence-corrected chi connectivity index (χ2v) is 9.90. The molecule has 6 rings (SSSR count). The van der Waals surface area contributed by atoms with Crippen LogP contribution in [0, 0.1) is 11.3 Å². The highest BCUT2D eigenvalue weighted by Gasteiger charge is 2.15. The van der Waals surface area contributed by atoms with E-state index in [9.17, 15) is 10.1 Å². The van der Waals surface area contributed by atoms with Gasteiger partial charge in [0.2, 0.25) is 0 Å². The normalized spacial score (nSPS) is 11.4. The van der Waals surface area contributed by atoms with Gasteiger partial charge in [-0.3, -0.25) is 0 Å². The van der Waals surface area contributed by atoms with Gasteiger partial charge in [0.05, 0.1) is 23.9 Å². The van der Waals surface area contributed by atoms with E-state index >= 15 is 0 Å². The fourth-order valence-corrected chi connectivity index (χ4v) is 5.29. The van der Waals surface area contributed by atoms with Crippen LogP contribution in [0.25, 0.3) is 44.6 Å². The number of hydrogen-bond acceptors (Lipinski definition) is 7. The number of hydrogen-bond donors (Lipinski definition) is 0. The van der Waals surface area contributed by atoms with Gasteiger partial charge in [-0.25, -0.2) is 9.78 Å². The van der Waals surface area contributed by atoms with E-state index in [0.29, 0.717) is 45.5 Å². The first-order valence-corrected chi connectivity index (χ1v) is 13.4. The van der Waals surface area contributed by atoms with Crippen molar-refractivity contribution in [1.29, 1.82) is 5.26 Å². The van der Waals surface area contributed by atoms with Crippen molar-refractivity contribution in [3.63, 3.8) is 0 Å². The van der Waals surface area contributed by atoms with Crippen molar-refractivity contribution in [1.82, 2.24) is 4.98 Å². The molecule has 0 atom stereocenters. The van der Waals surface area contributed by atoms with E-state index in [1.54, 1.807) is 24.6 Å². The Morgan fingerprint density at radius 2 is 1.80 bits per heavy atom. The Hall–Kier alpha value is -5.19. The third-order valence-electron chi connectivity index (χ3n) is 6.51. The van der Waals surface area contributed by atoms with Crippen LogP contribution in [0.1, 0.15) is 16.1 Å². The van der Waals surface area contributed by atoms with Gasteiger partial charge in [0.15, 0.2) is 11.5 Å². The van der Waals surface area contributed by atoms with Gasteiger partial charge in [-0.15, -0.1) is 11.3 Å². The maximum Gasteiger partial charge on any atom is 0.345 e. The third-order valence-corrected chi connectivity index (χ3v) is 7.38. The van der Waals surface area contributed by atoms with Gasteiger partial charge in [-0.05, 0) is 52.2 Å². The van der Waals surface area contributed by atoms with E-state index in [4.69, 9.17) is 13.9 Å². The number of benzene rings is 4. The molecule has 0 amide bonds. The number of thiazole rings is 1. The smallest absolute Gasteiger partial charge is 0.345 e. The summed E-state index contributed by atoms with van der Waals surface area (Å²) in [5.41, 5.74) is 3.04. The van der Waals surface area contributed by atoms with E-state index < -0.39 is 5.63 Å². The molecule has 0 N–H and O–H groups in total. The molecule has 0 spiro atoms. The molecule has 0 aliphatic rings. The second-order valence-electron chi connectivity index (χ2n) is 9.04. The fourth-order valence-electron chi connectivity index (χ4n) is 4.51. The van der Waals surface area contributed by atoms with E-state index in [-0.39, 0.29) is 0 Å². The van der Waals surface area contributed by atoms with Gasteiger partial charge in [-0.2, -0.15) is 5.26 Å². The summed E-state index contributed by atoms with van der Waals surface area (Å²) >= 11 is 1.29. The number of rotatable bonds is 7.